The van der Waals surface area contributed by atoms with E-state index in [4.69, 9.17) is 0 Å². The molecule has 0 radical (unpaired) electrons. The predicted molar refractivity (Wildman–Crippen MR) is 102 cm³/mol. The van der Waals surface area contributed by atoms with Crippen molar-refractivity contribution < 1.29 is 4.79 Å². The van der Waals surface area contributed by atoms with Gasteiger partial charge in [0.05, 0.1) is 6.42 Å². The Bertz CT molecular complexity index is 737. The number of hydrogen-bond acceptors (Lipinski definition) is 2. The summed E-state index contributed by atoms with van der Waals surface area (Å²) in [5.74, 6) is 0.286. The van der Waals surface area contributed by atoms with E-state index in [1.165, 1.54) is 43.3 Å². The van der Waals surface area contributed by atoms with Crippen LogP contribution in [0.4, 0.5) is 0 Å². The van der Waals surface area contributed by atoms with Crippen LogP contribution >= 0.6 is 0 Å². The highest BCUT2D eigenvalue weighted by Gasteiger charge is 2.27. The van der Waals surface area contributed by atoms with Crippen LogP contribution in [0, 0.1) is 0 Å². The fraction of sp³-hybridized carbons (Fsp3) is 0.571. The van der Waals surface area contributed by atoms with Gasteiger partial charge in [-0.1, -0.05) is 24.6 Å². The first-order chi connectivity index (χ1) is 12.2. The molecule has 0 atom stereocenters. The molecule has 3 heterocycles. The molecule has 2 aliphatic heterocycles. The van der Waals surface area contributed by atoms with E-state index in [0.29, 0.717) is 12.5 Å². The Kier molecular flexibility index (Phi) is 4.80. The van der Waals surface area contributed by atoms with Gasteiger partial charge in [0.15, 0.2) is 0 Å². The van der Waals surface area contributed by atoms with E-state index < -0.39 is 0 Å². The van der Waals surface area contributed by atoms with Crippen LogP contribution < -0.4 is 0 Å². The number of rotatable bonds is 3. The topological polar surface area (TPSA) is 28.5 Å². The molecule has 134 valence electrons. The van der Waals surface area contributed by atoms with Gasteiger partial charge in [0, 0.05) is 43.3 Å². The molecule has 0 N–H and O–H groups in total. The summed E-state index contributed by atoms with van der Waals surface area (Å²) in [5.41, 5.74) is 2.36. The number of aryl methyl sites for hydroxylation is 1. The van der Waals surface area contributed by atoms with Crippen molar-refractivity contribution in [3.05, 3.63) is 36.0 Å². The zero-order valence-corrected chi connectivity index (χ0v) is 15.3. The zero-order chi connectivity index (χ0) is 17.2. The van der Waals surface area contributed by atoms with E-state index in [-0.39, 0.29) is 5.91 Å². The van der Waals surface area contributed by atoms with Crippen LogP contribution in [-0.2, 0) is 18.3 Å². The molecule has 0 aliphatic carbocycles. The van der Waals surface area contributed by atoms with Gasteiger partial charge in [0.25, 0.3) is 0 Å². The molecule has 0 unspecified atom stereocenters. The maximum absolute atomic E-state index is 12.8. The number of para-hydroxylation sites is 1. The van der Waals surface area contributed by atoms with Crippen LogP contribution in [0.15, 0.2) is 30.5 Å². The van der Waals surface area contributed by atoms with Crippen LogP contribution in [0.5, 0.6) is 0 Å². The summed E-state index contributed by atoms with van der Waals surface area (Å²) in [4.78, 5) is 17.6. The van der Waals surface area contributed by atoms with Gasteiger partial charge in [-0.15, -0.1) is 0 Å². The summed E-state index contributed by atoms with van der Waals surface area (Å²) in [6.07, 6.45) is 9.00. The molecule has 2 saturated heterocycles. The van der Waals surface area contributed by atoms with Crippen molar-refractivity contribution in [2.45, 2.75) is 44.6 Å². The standard InChI is InChI=1S/C21H29N3O/c1-22-16-17(19-7-3-4-8-20(19)22)15-21(25)24-13-9-18(10-14-24)23-11-5-2-6-12-23/h3-4,7-8,16,18H,2,5-6,9-15H2,1H3. The monoisotopic (exact) mass is 339 g/mol. The average Bonchev–Trinajstić information content (AvgIpc) is 2.98. The van der Waals surface area contributed by atoms with E-state index in [0.717, 1.165) is 31.5 Å². The fourth-order valence-electron chi connectivity index (χ4n) is 4.61. The lowest BCUT2D eigenvalue weighted by Gasteiger charge is -2.40. The second-order valence-electron chi connectivity index (χ2n) is 7.67. The Balaban J connectivity index is 1.37. The highest BCUT2D eigenvalue weighted by molar-refractivity contribution is 5.89. The first kappa shape index (κ1) is 16.6. The minimum atomic E-state index is 0.286. The second-order valence-corrected chi connectivity index (χ2v) is 7.67. The first-order valence-corrected chi connectivity index (χ1v) is 9.77. The molecule has 25 heavy (non-hydrogen) atoms. The Hall–Kier alpha value is -1.81. The van der Waals surface area contributed by atoms with E-state index in [2.05, 4.69) is 51.9 Å². The smallest absolute Gasteiger partial charge is 0.227 e. The van der Waals surface area contributed by atoms with Gasteiger partial charge in [-0.05, 0) is 50.4 Å². The summed E-state index contributed by atoms with van der Waals surface area (Å²) in [6, 6.07) is 9.05. The van der Waals surface area contributed by atoms with Crippen molar-refractivity contribution in [3.63, 3.8) is 0 Å². The summed E-state index contributed by atoms with van der Waals surface area (Å²) >= 11 is 0. The number of piperidine rings is 2. The SMILES string of the molecule is Cn1cc(CC(=O)N2CCC(N3CCCCC3)CC2)c2ccccc21. The number of nitrogens with zero attached hydrogens (tertiary/aromatic N) is 3. The van der Waals surface area contributed by atoms with Gasteiger partial charge in [0.2, 0.25) is 5.91 Å². The summed E-state index contributed by atoms with van der Waals surface area (Å²) in [7, 11) is 2.06. The lowest BCUT2D eigenvalue weighted by atomic mass is 9.99. The minimum absolute atomic E-state index is 0.286. The second kappa shape index (κ2) is 7.20. The molecule has 4 nitrogen and oxygen atoms in total. The average molecular weight is 339 g/mol. The summed E-state index contributed by atoms with van der Waals surface area (Å²) < 4.78 is 2.13. The van der Waals surface area contributed by atoms with Crippen LogP contribution in [-0.4, -0.2) is 52.5 Å². The minimum Gasteiger partial charge on any atom is -0.350 e. The third-order valence-electron chi connectivity index (χ3n) is 6.05. The van der Waals surface area contributed by atoms with E-state index in [9.17, 15) is 4.79 Å². The van der Waals surface area contributed by atoms with Crippen molar-refractivity contribution in [1.29, 1.82) is 0 Å². The highest BCUT2D eigenvalue weighted by Crippen LogP contribution is 2.24. The molecule has 4 rings (SSSR count). The number of benzene rings is 1. The number of hydrogen-bond donors (Lipinski definition) is 0. The number of aromatic nitrogens is 1. The quantitative estimate of drug-likeness (QED) is 0.859. The molecular formula is C21H29N3O. The Morgan fingerprint density at radius 1 is 1.04 bits per heavy atom. The van der Waals surface area contributed by atoms with Crippen LogP contribution in [0.1, 0.15) is 37.7 Å². The normalized spacial score (nSPS) is 20.3. The lowest BCUT2D eigenvalue weighted by molar-refractivity contribution is -0.132. The van der Waals surface area contributed by atoms with Gasteiger partial charge in [-0.25, -0.2) is 0 Å². The first-order valence-electron chi connectivity index (χ1n) is 9.77. The van der Waals surface area contributed by atoms with E-state index in [1.807, 2.05) is 0 Å². The maximum Gasteiger partial charge on any atom is 0.227 e. The zero-order valence-electron chi connectivity index (χ0n) is 15.3. The third-order valence-corrected chi connectivity index (χ3v) is 6.05. The molecule has 1 aromatic carbocycles. The largest absolute Gasteiger partial charge is 0.350 e. The van der Waals surface area contributed by atoms with E-state index >= 15 is 0 Å². The molecular weight excluding hydrogens is 310 g/mol. The van der Waals surface area contributed by atoms with Crippen LogP contribution in [0.25, 0.3) is 10.9 Å². The highest BCUT2D eigenvalue weighted by atomic mass is 16.2. The van der Waals surface area contributed by atoms with Crippen molar-refractivity contribution in [1.82, 2.24) is 14.4 Å². The van der Waals surface area contributed by atoms with Crippen LogP contribution in [0.2, 0.25) is 0 Å². The van der Waals surface area contributed by atoms with Gasteiger partial charge in [0.1, 0.15) is 0 Å². The van der Waals surface area contributed by atoms with Crippen molar-refractivity contribution in [2.75, 3.05) is 26.2 Å². The molecule has 2 aromatic rings. The molecule has 0 spiro atoms. The number of amides is 1. The number of likely N-dealkylation sites (tertiary alicyclic amines) is 2. The van der Waals surface area contributed by atoms with Gasteiger partial charge < -0.3 is 14.4 Å². The van der Waals surface area contributed by atoms with Gasteiger partial charge in [-0.3, -0.25) is 4.79 Å². The molecule has 2 aliphatic rings. The molecule has 0 saturated carbocycles. The van der Waals surface area contributed by atoms with E-state index in [1.54, 1.807) is 0 Å². The predicted octanol–water partition coefficient (Wildman–Crippen LogP) is 3.20. The third kappa shape index (κ3) is 3.45. The van der Waals surface area contributed by atoms with Gasteiger partial charge >= 0.3 is 0 Å². The molecule has 0 bridgehead atoms. The summed E-state index contributed by atoms with van der Waals surface area (Å²) in [5, 5.41) is 1.21. The Morgan fingerprint density at radius 2 is 1.76 bits per heavy atom. The van der Waals surface area contributed by atoms with Crippen LogP contribution in [0.3, 0.4) is 0 Å². The van der Waals surface area contributed by atoms with Crippen molar-refractivity contribution in [3.8, 4) is 0 Å². The summed E-state index contributed by atoms with van der Waals surface area (Å²) in [6.45, 7) is 4.36. The number of carbonyl (C=O) groups excluding carboxylic acids is 1. The fourth-order valence-corrected chi connectivity index (χ4v) is 4.61. The Labute approximate surface area is 150 Å². The maximum atomic E-state index is 12.8. The van der Waals surface area contributed by atoms with Crippen molar-refractivity contribution in [2.24, 2.45) is 7.05 Å². The van der Waals surface area contributed by atoms with Crippen molar-refractivity contribution >= 4 is 16.8 Å². The molecule has 2 fully saturated rings. The number of carbonyl (C=O) groups is 1. The Morgan fingerprint density at radius 3 is 2.52 bits per heavy atom. The molecule has 4 heteroatoms. The number of fused-ring (bicyclic) bond motifs is 1. The van der Waals surface area contributed by atoms with Gasteiger partial charge in [-0.2, -0.15) is 0 Å². The lowest BCUT2D eigenvalue weighted by Crippen LogP contribution is -2.48. The molecule has 1 amide bonds. The molecule has 1 aromatic heterocycles.